The molecule has 3 heterocycles. The topological polar surface area (TPSA) is 63.7 Å². The molecule has 2 saturated heterocycles. The summed E-state index contributed by atoms with van der Waals surface area (Å²) in [5, 5.41) is 3.05. The summed E-state index contributed by atoms with van der Waals surface area (Å²) >= 11 is 0. The van der Waals surface area contributed by atoms with Crippen LogP contribution in [0.25, 0.3) is 0 Å². The third kappa shape index (κ3) is 5.78. The number of ether oxygens (including phenoxy) is 2. The van der Waals surface area contributed by atoms with Gasteiger partial charge in [0.2, 0.25) is 0 Å². The van der Waals surface area contributed by atoms with Crippen molar-refractivity contribution in [2.75, 3.05) is 31.6 Å². The van der Waals surface area contributed by atoms with Crippen LogP contribution in [0, 0.1) is 0 Å². The summed E-state index contributed by atoms with van der Waals surface area (Å²) in [5.41, 5.74) is 3.22. The summed E-state index contributed by atoms with van der Waals surface area (Å²) in [7, 11) is 0. The van der Waals surface area contributed by atoms with E-state index in [0.717, 1.165) is 51.0 Å². The fourth-order valence-corrected chi connectivity index (χ4v) is 3.95. The maximum atomic E-state index is 13.0. The first kappa shape index (κ1) is 19.9. The number of carbonyl (C=O) groups excluding carboxylic acids is 1. The van der Waals surface area contributed by atoms with Crippen molar-refractivity contribution in [3.8, 4) is 0 Å². The standard InChI is InChI=1S/C23H29N3O3/c27-23(26(16-21-3-1-13-28-21)17-22-4-2-14-29-22)25-20-7-5-18(6-8-20)15-19-9-11-24-12-10-19/h5-12,21-22H,1-4,13-17H2,(H,25,27)/t21-,22+. The highest BCUT2D eigenvalue weighted by molar-refractivity contribution is 5.89. The molecular formula is C23H29N3O3. The Hall–Kier alpha value is -2.44. The molecule has 2 amide bonds. The fourth-order valence-electron chi connectivity index (χ4n) is 3.95. The van der Waals surface area contributed by atoms with Crippen LogP contribution >= 0.6 is 0 Å². The van der Waals surface area contributed by atoms with Crippen LogP contribution in [-0.2, 0) is 15.9 Å². The lowest BCUT2D eigenvalue weighted by molar-refractivity contribution is 0.0524. The summed E-state index contributed by atoms with van der Waals surface area (Å²) in [6.45, 7) is 2.82. The van der Waals surface area contributed by atoms with E-state index in [1.165, 1.54) is 11.1 Å². The molecule has 29 heavy (non-hydrogen) atoms. The number of hydrogen-bond acceptors (Lipinski definition) is 4. The van der Waals surface area contributed by atoms with Crippen LogP contribution in [0.15, 0.2) is 48.8 Å². The van der Waals surface area contributed by atoms with Gasteiger partial charge in [-0.05, 0) is 67.5 Å². The van der Waals surface area contributed by atoms with E-state index in [-0.39, 0.29) is 18.2 Å². The summed E-state index contributed by atoms with van der Waals surface area (Å²) < 4.78 is 11.5. The highest BCUT2D eigenvalue weighted by Crippen LogP contribution is 2.19. The number of anilines is 1. The van der Waals surface area contributed by atoms with Gasteiger partial charge in [0.15, 0.2) is 0 Å². The lowest BCUT2D eigenvalue weighted by atomic mass is 10.1. The van der Waals surface area contributed by atoms with Gasteiger partial charge in [-0.15, -0.1) is 0 Å². The van der Waals surface area contributed by atoms with E-state index in [1.807, 2.05) is 29.2 Å². The number of carbonyl (C=O) groups is 1. The molecule has 1 aromatic carbocycles. The Labute approximate surface area is 172 Å². The average Bonchev–Trinajstić information content (AvgIpc) is 3.44. The normalized spacial score (nSPS) is 21.2. The van der Waals surface area contributed by atoms with Gasteiger partial charge in [-0.25, -0.2) is 4.79 Å². The molecule has 0 spiro atoms. The Balaban J connectivity index is 1.36. The Kier molecular flexibility index (Phi) is 6.75. The summed E-state index contributed by atoms with van der Waals surface area (Å²) in [5.74, 6) is 0. The number of benzene rings is 1. The van der Waals surface area contributed by atoms with E-state index < -0.39 is 0 Å². The van der Waals surface area contributed by atoms with Crippen LogP contribution in [-0.4, -0.2) is 54.4 Å². The number of rotatable bonds is 7. The van der Waals surface area contributed by atoms with Crippen LogP contribution in [0.2, 0.25) is 0 Å². The van der Waals surface area contributed by atoms with Crippen molar-refractivity contribution < 1.29 is 14.3 Å². The van der Waals surface area contributed by atoms with E-state index in [2.05, 4.69) is 22.4 Å². The van der Waals surface area contributed by atoms with Crippen LogP contribution in [0.3, 0.4) is 0 Å². The molecular weight excluding hydrogens is 366 g/mol. The predicted molar refractivity (Wildman–Crippen MR) is 112 cm³/mol. The minimum Gasteiger partial charge on any atom is -0.376 e. The second-order valence-corrected chi connectivity index (χ2v) is 7.83. The average molecular weight is 396 g/mol. The van der Waals surface area contributed by atoms with Crippen molar-refractivity contribution in [3.63, 3.8) is 0 Å². The van der Waals surface area contributed by atoms with Gasteiger partial charge >= 0.3 is 6.03 Å². The molecule has 0 bridgehead atoms. The minimum atomic E-state index is -0.0853. The second-order valence-electron chi connectivity index (χ2n) is 7.83. The Morgan fingerprint density at radius 1 is 0.931 bits per heavy atom. The quantitative estimate of drug-likeness (QED) is 0.773. The molecule has 6 heteroatoms. The number of urea groups is 1. The molecule has 1 aromatic heterocycles. The first-order chi connectivity index (χ1) is 14.3. The molecule has 2 aliphatic rings. The number of pyridine rings is 1. The molecule has 0 saturated carbocycles. The predicted octanol–water partition coefficient (Wildman–Crippen LogP) is 3.86. The molecule has 4 rings (SSSR count). The van der Waals surface area contributed by atoms with Gasteiger partial charge in [0.1, 0.15) is 0 Å². The lowest BCUT2D eigenvalue weighted by Crippen LogP contribution is -2.44. The molecule has 2 fully saturated rings. The highest BCUT2D eigenvalue weighted by Gasteiger charge is 2.27. The van der Waals surface area contributed by atoms with E-state index >= 15 is 0 Å². The first-order valence-corrected chi connectivity index (χ1v) is 10.5. The van der Waals surface area contributed by atoms with E-state index in [1.54, 1.807) is 12.4 Å². The van der Waals surface area contributed by atoms with Crippen molar-refractivity contribution in [3.05, 3.63) is 59.9 Å². The zero-order valence-corrected chi connectivity index (χ0v) is 16.8. The zero-order chi connectivity index (χ0) is 19.9. The molecule has 0 unspecified atom stereocenters. The summed E-state index contributed by atoms with van der Waals surface area (Å²) in [4.78, 5) is 18.9. The Morgan fingerprint density at radius 2 is 1.52 bits per heavy atom. The van der Waals surface area contributed by atoms with Gasteiger partial charge in [0, 0.05) is 44.4 Å². The molecule has 1 N–H and O–H groups in total. The van der Waals surface area contributed by atoms with E-state index in [9.17, 15) is 4.79 Å². The zero-order valence-electron chi connectivity index (χ0n) is 16.8. The largest absolute Gasteiger partial charge is 0.376 e. The van der Waals surface area contributed by atoms with Gasteiger partial charge in [-0.1, -0.05) is 12.1 Å². The molecule has 0 aliphatic carbocycles. The second kappa shape index (κ2) is 9.85. The maximum absolute atomic E-state index is 13.0. The van der Waals surface area contributed by atoms with E-state index in [0.29, 0.717) is 13.1 Å². The van der Waals surface area contributed by atoms with Crippen molar-refractivity contribution >= 4 is 11.7 Å². The highest BCUT2D eigenvalue weighted by atomic mass is 16.5. The number of aromatic nitrogens is 1. The molecule has 154 valence electrons. The van der Waals surface area contributed by atoms with Gasteiger partial charge in [0.25, 0.3) is 0 Å². The van der Waals surface area contributed by atoms with E-state index in [4.69, 9.17) is 9.47 Å². The fraction of sp³-hybridized carbons (Fsp3) is 0.478. The maximum Gasteiger partial charge on any atom is 0.322 e. The van der Waals surface area contributed by atoms with Crippen LogP contribution in [0.1, 0.15) is 36.8 Å². The Morgan fingerprint density at radius 3 is 2.07 bits per heavy atom. The summed E-state index contributed by atoms with van der Waals surface area (Å²) in [6, 6.07) is 12.0. The number of nitrogens with one attached hydrogen (secondary N) is 1. The number of amides is 2. The molecule has 2 aromatic rings. The van der Waals surface area contributed by atoms with Crippen LogP contribution in [0.4, 0.5) is 10.5 Å². The number of hydrogen-bond donors (Lipinski definition) is 1. The number of nitrogens with zero attached hydrogens (tertiary/aromatic N) is 2. The molecule has 0 radical (unpaired) electrons. The van der Waals surface area contributed by atoms with Gasteiger partial charge in [-0.3, -0.25) is 4.98 Å². The third-order valence-electron chi connectivity index (χ3n) is 5.55. The smallest absolute Gasteiger partial charge is 0.322 e. The van der Waals surface area contributed by atoms with Crippen LogP contribution < -0.4 is 5.32 Å². The third-order valence-corrected chi connectivity index (χ3v) is 5.55. The first-order valence-electron chi connectivity index (χ1n) is 10.5. The Bertz CT molecular complexity index is 752. The van der Waals surface area contributed by atoms with Crippen molar-refractivity contribution in [1.29, 1.82) is 0 Å². The molecule has 2 aliphatic heterocycles. The van der Waals surface area contributed by atoms with Gasteiger partial charge in [-0.2, -0.15) is 0 Å². The van der Waals surface area contributed by atoms with Gasteiger partial charge in [0.05, 0.1) is 12.2 Å². The SMILES string of the molecule is O=C(Nc1ccc(Cc2ccncc2)cc1)N(C[C@H]1CCCO1)C[C@@H]1CCCO1. The van der Waals surface area contributed by atoms with Crippen molar-refractivity contribution in [2.24, 2.45) is 0 Å². The molecule has 2 atom stereocenters. The van der Waals surface area contributed by atoms with Crippen molar-refractivity contribution in [1.82, 2.24) is 9.88 Å². The van der Waals surface area contributed by atoms with Crippen LogP contribution in [0.5, 0.6) is 0 Å². The van der Waals surface area contributed by atoms with Gasteiger partial charge < -0.3 is 19.7 Å². The monoisotopic (exact) mass is 395 g/mol. The molecule has 6 nitrogen and oxygen atoms in total. The summed E-state index contributed by atoms with van der Waals surface area (Å²) in [6.07, 6.45) is 8.88. The lowest BCUT2D eigenvalue weighted by Gasteiger charge is -2.28. The van der Waals surface area contributed by atoms with Crippen molar-refractivity contribution in [2.45, 2.75) is 44.3 Å². The minimum absolute atomic E-state index is 0.0853.